The van der Waals surface area contributed by atoms with Crippen LogP contribution in [-0.4, -0.2) is 50.5 Å². The lowest BCUT2D eigenvalue weighted by Crippen LogP contribution is -2.52. The molecule has 1 atom stereocenters. The van der Waals surface area contributed by atoms with Gasteiger partial charge in [0.2, 0.25) is 21.8 Å². The maximum atomic E-state index is 13.7. The Balaban J connectivity index is 2.48. The normalized spacial score (nSPS) is 12.3. The highest BCUT2D eigenvalue weighted by atomic mass is 35.5. The van der Waals surface area contributed by atoms with Crippen molar-refractivity contribution < 1.29 is 18.0 Å². The van der Waals surface area contributed by atoms with Gasteiger partial charge in [0.1, 0.15) is 12.6 Å². The van der Waals surface area contributed by atoms with Crippen molar-refractivity contribution in [1.82, 2.24) is 10.2 Å². The number of carbonyl (C=O) groups excluding carboxylic acids is 2. The van der Waals surface area contributed by atoms with Gasteiger partial charge < -0.3 is 10.2 Å². The zero-order valence-corrected chi connectivity index (χ0v) is 22.9. The Kier molecular flexibility index (Phi) is 10.2. The molecule has 9 heteroatoms. The van der Waals surface area contributed by atoms with Crippen molar-refractivity contribution in [3.8, 4) is 0 Å². The number of halogens is 1. The minimum absolute atomic E-state index is 0.186. The van der Waals surface area contributed by atoms with Crippen LogP contribution in [0, 0.1) is 19.8 Å². The van der Waals surface area contributed by atoms with Crippen LogP contribution in [0.15, 0.2) is 42.5 Å². The van der Waals surface area contributed by atoms with Crippen molar-refractivity contribution in [3.05, 3.63) is 64.2 Å². The molecule has 2 amide bonds. The summed E-state index contributed by atoms with van der Waals surface area (Å²) in [6.07, 6.45) is 1.44. The van der Waals surface area contributed by atoms with Gasteiger partial charge in [-0.3, -0.25) is 13.9 Å². The third kappa shape index (κ3) is 7.70. The van der Waals surface area contributed by atoms with E-state index >= 15 is 0 Å². The molecule has 0 aliphatic rings. The minimum Gasteiger partial charge on any atom is -0.354 e. The number of amides is 2. The molecule has 0 radical (unpaired) electrons. The highest BCUT2D eigenvalue weighted by Crippen LogP contribution is 2.28. The molecule has 1 N–H and O–H groups in total. The minimum atomic E-state index is -3.81. The van der Waals surface area contributed by atoms with Crippen molar-refractivity contribution in [2.75, 3.05) is 23.7 Å². The van der Waals surface area contributed by atoms with Crippen LogP contribution < -0.4 is 9.62 Å². The van der Waals surface area contributed by atoms with Gasteiger partial charge in [-0.15, -0.1) is 0 Å². The van der Waals surface area contributed by atoms with Crippen molar-refractivity contribution in [1.29, 1.82) is 0 Å². The number of anilines is 1. The van der Waals surface area contributed by atoms with E-state index in [0.29, 0.717) is 29.2 Å². The predicted molar refractivity (Wildman–Crippen MR) is 142 cm³/mol. The fourth-order valence-electron chi connectivity index (χ4n) is 3.77. The largest absolute Gasteiger partial charge is 0.354 e. The molecule has 0 aromatic heterocycles. The van der Waals surface area contributed by atoms with Gasteiger partial charge in [0.25, 0.3) is 0 Å². The number of nitrogens with one attached hydrogen (secondary N) is 1. The average molecular weight is 522 g/mol. The molecule has 2 rings (SSSR count). The van der Waals surface area contributed by atoms with E-state index in [9.17, 15) is 18.0 Å². The standard InChI is InChI=1S/C26H36ClN3O4S/c1-7-23(26(32)28-15-18(2)3)29(16-21-12-9-8-11-19(21)4)25(31)17-30(35(6,33)34)24-14-10-13-22(27)20(24)5/h8-14,18,23H,7,15-17H2,1-6H3,(H,28,32). The van der Waals surface area contributed by atoms with Gasteiger partial charge in [0, 0.05) is 18.1 Å². The molecule has 1 unspecified atom stereocenters. The Morgan fingerprint density at radius 1 is 1.06 bits per heavy atom. The highest BCUT2D eigenvalue weighted by molar-refractivity contribution is 7.92. The van der Waals surface area contributed by atoms with E-state index in [1.54, 1.807) is 25.1 Å². The number of sulfonamides is 1. The second-order valence-electron chi connectivity index (χ2n) is 9.16. The second kappa shape index (κ2) is 12.4. The Hall–Kier alpha value is -2.58. The number of hydrogen-bond acceptors (Lipinski definition) is 4. The number of hydrogen-bond donors (Lipinski definition) is 1. The molecule has 0 bridgehead atoms. The SMILES string of the molecule is CCC(C(=O)NCC(C)C)N(Cc1ccccc1C)C(=O)CN(c1cccc(Cl)c1C)S(C)(=O)=O. The fraction of sp³-hybridized carbons (Fsp3) is 0.462. The molecule has 0 saturated heterocycles. The molecule has 35 heavy (non-hydrogen) atoms. The quantitative estimate of drug-likeness (QED) is 0.477. The molecule has 2 aromatic carbocycles. The summed E-state index contributed by atoms with van der Waals surface area (Å²) in [6, 6.07) is 11.8. The van der Waals surface area contributed by atoms with Crippen LogP contribution in [0.1, 0.15) is 43.9 Å². The van der Waals surface area contributed by atoms with E-state index < -0.39 is 28.5 Å². The summed E-state index contributed by atoms with van der Waals surface area (Å²) in [4.78, 5) is 28.3. The van der Waals surface area contributed by atoms with E-state index in [-0.39, 0.29) is 18.4 Å². The first-order chi connectivity index (χ1) is 16.4. The summed E-state index contributed by atoms with van der Waals surface area (Å²) in [5, 5.41) is 3.32. The van der Waals surface area contributed by atoms with E-state index in [0.717, 1.165) is 21.7 Å². The lowest BCUT2D eigenvalue weighted by molar-refractivity contribution is -0.140. The van der Waals surface area contributed by atoms with Crippen LogP contribution in [0.25, 0.3) is 0 Å². The van der Waals surface area contributed by atoms with Gasteiger partial charge in [-0.2, -0.15) is 0 Å². The van der Waals surface area contributed by atoms with E-state index in [1.807, 2.05) is 52.0 Å². The topological polar surface area (TPSA) is 86.8 Å². The summed E-state index contributed by atoms with van der Waals surface area (Å²) < 4.78 is 26.6. The van der Waals surface area contributed by atoms with Gasteiger partial charge >= 0.3 is 0 Å². The van der Waals surface area contributed by atoms with Crippen molar-refractivity contribution >= 4 is 39.1 Å². The zero-order chi connectivity index (χ0) is 26.3. The lowest BCUT2D eigenvalue weighted by atomic mass is 10.1. The van der Waals surface area contributed by atoms with Gasteiger partial charge in [0.05, 0.1) is 11.9 Å². The van der Waals surface area contributed by atoms with Crippen LogP contribution in [0.2, 0.25) is 5.02 Å². The van der Waals surface area contributed by atoms with E-state index in [4.69, 9.17) is 11.6 Å². The average Bonchev–Trinajstić information content (AvgIpc) is 2.78. The van der Waals surface area contributed by atoms with E-state index in [2.05, 4.69) is 5.32 Å². The number of aryl methyl sites for hydroxylation is 1. The first-order valence-electron chi connectivity index (χ1n) is 11.7. The summed E-state index contributed by atoms with van der Waals surface area (Å²) >= 11 is 6.24. The maximum Gasteiger partial charge on any atom is 0.244 e. The molecule has 0 spiro atoms. The molecular weight excluding hydrogens is 486 g/mol. The molecule has 0 aliphatic carbocycles. The van der Waals surface area contributed by atoms with Crippen molar-refractivity contribution in [2.24, 2.45) is 5.92 Å². The van der Waals surface area contributed by atoms with E-state index in [1.165, 1.54) is 4.90 Å². The monoisotopic (exact) mass is 521 g/mol. The molecule has 192 valence electrons. The number of nitrogens with zero attached hydrogens (tertiary/aromatic N) is 2. The first kappa shape index (κ1) is 28.7. The molecule has 2 aromatic rings. The molecular formula is C26H36ClN3O4S. The van der Waals surface area contributed by atoms with Crippen LogP contribution in [0.4, 0.5) is 5.69 Å². The van der Waals surface area contributed by atoms with Crippen LogP contribution in [0.5, 0.6) is 0 Å². The third-order valence-electron chi connectivity index (χ3n) is 5.86. The van der Waals surface area contributed by atoms with Crippen LogP contribution in [-0.2, 0) is 26.2 Å². The Morgan fingerprint density at radius 3 is 2.29 bits per heavy atom. The fourth-order valence-corrected chi connectivity index (χ4v) is 4.84. The van der Waals surface area contributed by atoms with Crippen LogP contribution >= 0.6 is 11.6 Å². The number of carbonyl (C=O) groups is 2. The van der Waals surface area contributed by atoms with Gasteiger partial charge in [-0.25, -0.2) is 8.42 Å². The zero-order valence-electron chi connectivity index (χ0n) is 21.3. The summed E-state index contributed by atoms with van der Waals surface area (Å²) in [7, 11) is -3.81. The van der Waals surface area contributed by atoms with Crippen molar-refractivity contribution in [2.45, 2.75) is 53.6 Å². The van der Waals surface area contributed by atoms with Crippen molar-refractivity contribution in [3.63, 3.8) is 0 Å². The smallest absolute Gasteiger partial charge is 0.244 e. The Bertz CT molecular complexity index is 1150. The van der Waals surface area contributed by atoms with Gasteiger partial charge in [-0.05, 0) is 55.0 Å². The number of rotatable bonds is 11. The Morgan fingerprint density at radius 2 is 1.71 bits per heavy atom. The second-order valence-corrected chi connectivity index (χ2v) is 11.5. The molecule has 0 aliphatic heterocycles. The summed E-state index contributed by atoms with van der Waals surface area (Å²) in [5.74, 6) is -0.471. The van der Waals surface area contributed by atoms with Crippen LogP contribution in [0.3, 0.4) is 0 Å². The summed E-state index contributed by atoms with van der Waals surface area (Å²) in [5.41, 5.74) is 2.76. The molecule has 0 saturated carbocycles. The highest BCUT2D eigenvalue weighted by Gasteiger charge is 2.32. The first-order valence-corrected chi connectivity index (χ1v) is 13.9. The lowest BCUT2D eigenvalue weighted by Gasteiger charge is -2.33. The molecule has 0 fully saturated rings. The number of benzene rings is 2. The maximum absolute atomic E-state index is 13.7. The van der Waals surface area contributed by atoms with Gasteiger partial charge in [-0.1, -0.05) is 62.7 Å². The van der Waals surface area contributed by atoms with Gasteiger partial charge in [0.15, 0.2) is 0 Å². The third-order valence-corrected chi connectivity index (χ3v) is 7.40. The molecule has 7 nitrogen and oxygen atoms in total. The Labute approximate surface area is 214 Å². The molecule has 0 heterocycles. The summed E-state index contributed by atoms with van der Waals surface area (Å²) in [6.45, 7) is 9.70. The predicted octanol–water partition coefficient (Wildman–Crippen LogP) is 4.30.